The molecule has 0 fully saturated rings. The summed E-state index contributed by atoms with van der Waals surface area (Å²) in [5.74, 6) is -2.00. The number of ether oxygens (including phenoxy) is 1. The number of carboxylic acid groups (broad SMARTS) is 1. The second-order valence-corrected chi connectivity index (χ2v) is 5.19. The lowest BCUT2D eigenvalue weighted by atomic mass is 10.2. The Morgan fingerprint density at radius 2 is 1.91 bits per heavy atom. The van der Waals surface area contributed by atoms with Gasteiger partial charge in [-0.15, -0.1) is 0 Å². The SMILES string of the molecule is COC(=O)c1c(N)c(C#N)cn1-c1c(Cl)cc(C(=O)O)cc1Cl. The zero-order valence-electron chi connectivity index (χ0n) is 11.6. The number of methoxy groups -OCH3 is 1. The van der Waals surface area contributed by atoms with Crippen LogP contribution >= 0.6 is 23.2 Å². The topological polar surface area (TPSA) is 118 Å². The number of nitrogen functional groups attached to an aromatic ring is 1. The summed E-state index contributed by atoms with van der Waals surface area (Å²) < 4.78 is 5.85. The second-order valence-electron chi connectivity index (χ2n) is 4.37. The molecule has 2 aromatic rings. The number of carboxylic acids is 1. The molecule has 0 amide bonds. The van der Waals surface area contributed by atoms with Gasteiger partial charge < -0.3 is 20.1 Å². The Morgan fingerprint density at radius 3 is 2.35 bits per heavy atom. The molecule has 0 aliphatic heterocycles. The number of carbonyl (C=O) groups is 2. The van der Waals surface area contributed by atoms with Crippen LogP contribution < -0.4 is 5.73 Å². The molecule has 0 aliphatic carbocycles. The van der Waals surface area contributed by atoms with Gasteiger partial charge >= 0.3 is 11.9 Å². The number of nitrogens with zero attached hydrogens (tertiary/aromatic N) is 2. The third-order valence-electron chi connectivity index (χ3n) is 3.05. The molecule has 0 saturated heterocycles. The van der Waals surface area contributed by atoms with Crippen LogP contribution in [0, 0.1) is 11.3 Å². The van der Waals surface area contributed by atoms with E-state index in [0.29, 0.717) is 0 Å². The minimum absolute atomic E-state index is 0.0276. The molecule has 2 rings (SSSR count). The third kappa shape index (κ3) is 2.82. The van der Waals surface area contributed by atoms with Crippen LogP contribution in [0.3, 0.4) is 0 Å². The van der Waals surface area contributed by atoms with Gasteiger partial charge in [-0.25, -0.2) is 9.59 Å². The number of hydrogen-bond acceptors (Lipinski definition) is 5. The smallest absolute Gasteiger partial charge is 0.357 e. The van der Waals surface area contributed by atoms with E-state index < -0.39 is 11.9 Å². The molecule has 0 bridgehead atoms. The lowest BCUT2D eigenvalue weighted by Gasteiger charge is -2.13. The van der Waals surface area contributed by atoms with Gasteiger partial charge in [-0.2, -0.15) is 5.26 Å². The predicted octanol–water partition coefficient (Wildman–Crippen LogP) is 2.72. The van der Waals surface area contributed by atoms with Crippen molar-refractivity contribution in [3.63, 3.8) is 0 Å². The van der Waals surface area contributed by atoms with Crippen LogP contribution in [-0.4, -0.2) is 28.7 Å². The summed E-state index contributed by atoms with van der Waals surface area (Å²) in [7, 11) is 1.15. The highest BCUT2D eigenvalue weighted by Gasteiger charge is 2.24. The maximum atomic E-state index is 11.9. The van der Waals surface area contributed by atoms with Gasteiger partial charge in [0.1, 0.15) is 6.07 Å². The van der Waals surface area contributed by atoms with E-state index in [1.54, 1.807) is 0 Å². The highest BCUT2D eigenvalue weighted by Crippen LogP contribution is 2.34. The van der Waals surface area contributed by atoms with Crippen LogP contribution in [0.5, 0.6) is 0 Å². The van der Waals surface area contributed by atoms with Crippen LogP contribution in [0.1, 0.15) is 26.4 Å². The number of nitrogens with two attached hydrogens (primary N) is 1. The van der Waals surface area contributed by atoms with Crippen molar-refractivity contribution >= 4 is 40.8 Å². The Morgan fingerprint density at radius 1 is 1.35 bits per heavy atom. The van der Waals surface area contributed by atoms with Crippen molar-refractivity contribution in [2.24, 2.45) is 0 Å². The number of halogens is 2. The van der Waals surface area contributed by atoms with Gasteiger partial charge in [-0.05, 0) is 12.1 Å². The number of benzene rings is 1. The van der Waals surface area contributed by atoms with Crippen molar-refractivity contribution in [2.75, 3.05) is 12.8 Å². The van der Waals surface area contributed by atoms with Crippen LogP contribution in [0.2, 0.25) is 10.0 Å². The molecule has 0 radical (unpaired) electrons. The van der Waals surface area contributed by atoms with Gasteiger partial charge in [-0.3, -0.25) is 0 Å². The average molecular weight is 354 g/mol. The van der Waals surface area contributed by atoms with E-state index in [4.69, 9.17) is 39.3 Å². The number of aromatic nitrogens is 1. The number of anilines is 1. The second kappa shape index (κ2) is 6.20. The summed E-state index contributed by atoms with van der Waals surface area (Å²) in [4.78, 5) is 23.0. The fourth-order valence-corrected chi connectivity index (χ4v) is 2.68. The number of hydrogen-bond donors (Lipinski definition) is 2. The standard InChI is InChI=1S/C14H9Cl2N3O4/c1-23-14(22)12-10(18)7(4-17)5-19(12)11-8(15)2-6(13(20)21)3-9(11)16/h2-3,5H,18H2,1H3,(H,20,21). The highest BCUT2D eigenvalue weighted by molar-refractivity contribution is 6.38. The average Bonchev–Trinajstić information content (AvgIpc) is 2.82. The van der Waals surface area contributed by atoms with E-state index in [-0.39, 0.29) is 38.2 Å². The Labute approximate surface area is 140 Å². The maximum Gasteiger partial charge on any atom is 0.357 e. The zero-order chi connectivity index (χ0) is 17.3. The molecule has 0 unspecified atom stereocenters. The first kappa shape index (κ1) is 16.7. The van der Waals surface area contributed by atoms with Crippen LogP contribution in [0.25, 0.3) is 5.69 Å². The molecule has 7 nitrogen and oxygen atoms in total. The predicted molar refractivity (Wildman–Crippen MR) is 83.2 cm³/mol. The number of esters is 1. The first-order valence-corrected chi connectivity index (χ1v) is 6.79. The molecule has 0 aliphatic rings. The Kier molecular flexibility index (Phi) is 4.50. The molecular formula is C14H9Cl2N3O4. The molecule has 9 heteroatoms. The van der Waals surface area contributed by atoms with Crippen LogP contribution in [0.4, 0.5) is 5.69 Å². The molecule has 0 atom stereocenters. The van der Waals surface area contributed by atoms with Gasteiger partial charge in [0.15, 0.2) is 5.69 Å². The molecule has 1 heterocycles. The Balaban J connectivity index is 2.80. The van der Waals surface area contributed by atoms with Crippen LogP contribution in [0.15, 0.2) is 18.3 Å². The summed E-state index contributed by atoms with van der Waals surface area (Å²) in [5.41, 5.74) is 5.59. The number of aromatic carboxylic acids is 1. The summed E-state index contributed by atoms with van der Waals surface area (Å²) in [6.07, 6.45) is 1.27. The number of carbonyl (C=O) groups excluding carboxylic acids is 1. The zero-order valence-corrected chi connectivity index (χ0v) is 13.1. The van der Waals surface area contributed by atoms with Gasteiger partial charge in [0.05, 0.1) is 39.7 Å². The quantitative estimate of drug-likeness (QED) is 0.818. The summed E-state index contributed by atoms with van der Waals surface area (Å²) in [5, 5.41) is 18.0. The van der Waals surface area contributed by atoms with Gasteiger partial charge in [-0.1, -0.05) is 23.2 Å². The Hall–Kier alpha value is -2.69. The maximum absolute atomic E-state index is 11.9. The Bertz CT molecular complexity index is 845. The minimum Gasteiger partial charge on any atom is -0.478 e. The van der Waals surface area contributed by atoms with Crippen molar-refractivity contribution in [3.05, 3.63) is 45.2 Å². The van der Waals surface area contributed by atoms with E-state index in [1.807, 2.05) is 6.07 Å². The lowest BCUT2D eigenvalue weighted by Crippen LogP contribution is -2.12. The van der Waals surface area contributed by atoms with E-state index in [0.717, 1.165) is 7.11 Å². The van der Waals surface area contributed by atoms with Crippen molar-refractivity contribution < 1.29 is 19.4 Å². The molecule has 1 aromatic heterocycles. The van der Waals surface area contributed by atoms with E-state index >= 15 is 0 Å². The molecule has 0 spiro atoms. The van der Waals surface area contributed by atoms with Crippen molar-refractivity contribution in [3.8, 4) is 11.8 Å². The van der Waals surface area contributed by atoms with Crippen molar-refractivity contribution in [2.45, 2.75) is 0 Å². The van der Waals surface area contributed by atoms with Crippen LogP contribution in [-0.2, 0) is 4.74 Å². The summed E-state index contributed by atoms with van der Waals surface area (Å²) in [6, 6.07) is 4.19. The molecule has 118 valence electrons. The van der Waals surface area contributed by atoms with E-state index in [1.165, 1.54) is 22.9 Å². The molecule has 1 aromatic carbocycles. The molecular weight excluding hydrogens is 345 g/mol. The first-order valence-electron chi connectivity index (χ1n) is 6.03. The number of nitriles is 1. The van der Waals surface area contributed by atoms with Gasteiger partial charge in [0.25, 0.3) is 0 Å². The normalized spacial score (nSPS) is 10.2. The minimum atomic E-state index is -1.21. The third-order valence-corrected chi connectivity index (χ3v) is 3.62. The molecule has 3 N–H and O–H groups in total. The summed E-state index contributed by atoms with van der Waals surface area (Å²) >= 11 is 12.2. The fraction of sp³-hybridized carbons (Fsp3) is 0.0714. The summed E-state index contributed by atoms with van der Waals surface area (Å²) in [6.45, 7) is 0. The van der Waals surface area contributed by atoms with E-state index in [2.05, 4.69) is 4.74 Å². The van der Waals surface area contributed by atoms with Gasteiger partial charge in [0, 0.05) is 6.20 Å². The monoisotopic (exact) mass is 353 g/mol. The van der Waals surface area contributed by atoms with Crippen molar-refractivity contribution in [1.29, 1.82) is 5.26 Å². The number of rotatable bonds is 3. The van der Waals surface area contributed by atoms with Gasteiger partial charge in [0.2, 0.25) is 0 Å². The highest BCUT2D eigenvalue weighted by atomic mass is 35.5. The molecule has 23 heavy (non-hydrogen) atoms. The first-order chi connectivity index (χ1) is 10.8. The fourth-order valence-electron chi connectivity index (χ4n) is 2.01. The van der Waals surface area contributed by atoms with Crippen molar-refractivity contribution in [1.82, 2.24) is 4.57 Å². The molecule has 0 saturated carbocycles. The van der Waals surface area contributed by atoms with E-state index in [9.17, 15) is 9.59 Å². The largest absolute Gasteiger partial charge is 0.478 e. The lowest BCUT2D eigenvalue weighted by molar-refractivity contribution is 0.0592.